The van der Waals surface area contributed by atoms with Crippen LogP contribution >= 0.6 is 0 Å². The molecule has 1 aliphatic heterocycles. The lowest BCUT2D eigenvalue weighted by atomic mass is 10.1. The highest BCUT2D eigenvalue weighted by Gasteiger charge is 2.40. The fourth-order valence-corrected chi connectivity index (χ4v) is 2.71. The molecule has 4 nitrogen and oxygen atoms in total. The average Bonchev–Trinajstić information content (AvgIpc) is 2.66. The molecule has 1 aromatic carbocycles. The molecule has 0 aromatic heterocycles. The fourth-order valence-electron chi connectivity index (χ4n) is 2.71. The van der Waals surface area contributed by atoms with Gasteiger partial charge in [0.25, 0.3) is 0 Å². The van der Waals surface area contributed by atoms with Crippen molar-refractivity contribution in [2.45, 2.75) is 50.9 Å². The van der Waals surface area contributed by atoms with E-state index in [1.807, 2.05) is 35.2 Å². The van der Waals surface area contributed by atoms with E-state index in [2.05, 4.69) is 0 Å². The van der Waals surface area contributed by atoms with Gasteiger partial charge in [-0.25, -0.2) is 4.39 Å². The van der Waals surface area contributed by atoms with Crippen molar-refractivity contribution in [1.82, 2.24) is 4.90 Å². The van der Waals surface area contributed by atoms with Crippen LogP contribution in [0.4, 0.5) is 4.39 Å². The van der Waals surface area contributed by atoms with Gasteiger partial charge in [-0.05, 0) is 25.8 Å². The van der Waals surface area contributed by atoms with Crippen molar-refractivity contribution in [2.75, 3.05) is 13.2 Å². The first-order valence-corrected chi connectivity index (χ1v) is 7.33. The predicted octanol–water partition coefficient (Wildman–Crippen LogP) is 1.70. The molecule has 0 saturated carbocycles. The number of alkyl halides is 1. The summed E-state index contributed by atoms with van der Waals surface area (Å²) >= 11 is 0. The monoisotopic (exact) mass is 297 g/mol. The fraction of sp³-hybridized carbons (Fsp3) is 0.625. The maximum Gasteiger partial charge on any atom is 0.159 e. The Morgan fingerprint density at radius 1 is 1.33 bits per heavy atom. The standard InChI is InChI=1S/C16H24FNO3/c1-16(2,20)21-9-8-14-15(19)13(17)11-18(14)10-12-6-4-3-5-7-12/h3-7,13-15,19-20H,8-11H2,1-2H3/t13-,14+,15+/m0/s1. The Hall–Kier alpha value is -1.01. The molecule has 1 saturated heterocycles. The second-order valence-electron chi connectivity index (χ2n) is 6.07. The van der Waals surface area contributed by atoms with Gasteiger partial charge in [-0.1, -0.05) is 30.3 Å². The summed E-state index contributed by atoms with van der Waals surface area (Å²) in [6, 6.07) is 9.52. The Bertz CT molecular complexity index is 435. The van der Waals surface area contributed by atoms with Crippen molar-refractivity contribution >= 4 is 0 Å². The van der Waals surface area contributed by atoms with Gasteiger partial charge < -0.3 is 14.9 Å². The number of benzene rings is 1. The molecule has 1 heterocycles. The van der Waals surface area contributed by atoms with E-state index >= 15 is 0 Å². The van der Waals surface area contributed by atoms with Crippen molar-refractivity contribution in [3.63, 3.8) is 0 Å². The summed E-state index contributed by atoms with van der Waals surface area (Å²) in [7, 11) is 0. The zero-order chi connectivity index (χ0) is 15.5. The molecule has 0 unspecified atom stereocenters. The maximum atomic E-state index is 13.8. The van der Waals surface area contributed by atoms with Gasteiger partial charge in [0.05, 0.1) is 6.61 Å². The van der Waals surface area contributed by atoms with Crippen molar-refractivity contribution in [2.24, 2.45) is 0 Å². The quantitative estimate of drug-likeness (QED) is 0.785. The zero-order valence-corrected chi connectivity index (χ0v) is 12.6. The predicted molar refractivity (Wildman–Crippen MR) is 78.4 cm³/mol. The van der Waals surface area contributed by atoms with Crippen LogP contribution < -0.4 is 0 Å². The molecule has 0 amide bonds. The molecule has 2 N–H and O–H groups in total. The maximum absolute atomic E-state index is 13.8. The molecule has 1 fully saturated rings. The molecule has 0 bridgehead atoms. The first kappa shape index (κ1) is 16.4. The summed E-state index contributed by atoms with van der Waals surface area (Å²) in [5.74, 6) is -1.21. The van der Waals surface area contributed by atoms with Gasteiger partial charge in [-0.2, -0.15) is 0 Å². The van der Waals surface area contributed by atoms with E-state index in [4.69, 9.17) is 4.74 Å². The minimum absolute atomic E-state index is 0.225. The first-order valence-electron chi connectivity index (χ1n) is 7.33. The lowest BCUT2D eigenvalue weighted by molar-refractivity contribution is -0.178. The number of halogens is 1. The van der Waals surface area contributed by atoms with Crippen molar-refractivity contribution in [3.8, 4) is 0 Å². The van der Waals surface area contributed by atoms with Crippen LogP contribution in [0.3, 0.4) is 0 Å². The highest BCUT2D eigenvalue weighted by Crippen LogP contribution is 2.26. The third kappa shape index (κ3) is 4.74. The average molecular weight is 297 g/mol. The van der Waals surface area contributed by atoms with E-state index in [1.54, 1.807) is 13.8 Å². The molecular weight excluding hydrogens is 273 g/mol. The first-order chi connectivity index (χ1) is 9.87. The van der Waals surface area contributed by atoms with Crippen LogP contribution in [-0.2, 0) is 11.3 Å². The molecule has 118 valence electrons. The van der Waals surface area contributed by atoms with Gasteiger partial charge in [0.15, 0.2) is 5.79 Å². The molecule has 0 radical (unpaired) electrons. The summed E-state index contributed by atoms with van der Waals surface area (Å²) < 4.78 is 19.1. The zero-order valence-electron chi connectivity index (χ0n) is 12.6. The van der Waals surface area contributed by atoms with Crippen molar-refractivity contribution < 1.29 is 19.3 Å². The molecule has 1 aromatic rings. The second kappa shape index (κ2) is 6.83. The van der Waals surface area contributed by atoms with Gasteiger partial charge in [0, 0.05) is 19.1 Å². The smallest absolute Gasteiger partial charge is 0.159 e. The number of aliphatic hydroxyl groups excluding tert-OH is 1. The third-order valence-corrected chi connectivity index (χ3v) is 3.74. The van der Waals surface area contributed by atoms with E-state index in [-0.39, 0.29) is 19.2 Å². The summed E-state index contributed by atoms with van der Waals surface area (Å²) in [5.41, 5.74) is 1.09. The van der Waals surface area contributed by atoms with Gasteiger partial charge in [0.1, 0.15) is 12.3 Å². The molecule has 2 rings (SSSR count). The number of aliphatic hydroxyl groups is 2. The van der Waals surface area contributed by atoms with E-state index in [0.29, 0.717) is 13.0 Å². The lowest BCUT2D eigenvalue weighted by Gasteiger charge is -2.27. The Morgan fingerprint density at radius 3 is 2.62 bits per heavy atom. The van der Waals surface area contributed by atoms with Crippen LogP contribution in [0.25, 0.3) is 0 Å². The van der Waals surface area contributed by atoms with Gasteiger partial charge >= 0.3 is 0 Å². The number of hydrogen-bond donors (Lipinski definition) is 2. The van der Waals surface area contributed by atoms with Crippen LogP contribution in [0.2, 0.25) is 0 Å². The molecular formula is C16H24FNO3. The summed E-state index contributed by atoms with van der Waals surface area (Å²) in [6.45, 7) is 4.22. The highest BCUT2D eigenvalue weighted by molar-refractivity contribution is 5.15. The largest absolute Gasteiger partial charge is 0.388 e. The minimum atomic E-state index is -1.24. The minimum Gasteiger partial charge on any atom is -0.388 e. The third-order valence-electron chi connectivity index (χ3n) is 3.74. The molecule has 1 aliphatic rings. The van der Waals surface area contributed by atoms with Crippen molar-refractivity contribution in [1.29, 1.82) is 0 Å². The molecule has 21 heavy (non-hydrogen) atoms. The number of likely N-dealkylation sites (tertiary alicyclic amines) is 1. The van der Waals surface area contributed by atoms with Crippen LogP contribution in [0.1, 0.15) is 25.8 Å². The highest BCUT2D eigenvalue weighted by atomic mass is 19.1. The van der Waals surface area contributed by atoms with Crippen LogP contribution in [0, 0.1) is 0 Å². The van der Waals surface area contributed by atoms with Crippen LogP contribution in [0.5, 0.6) is 0 Å². The second-order valence-corrected chi connectivity index (χ2v) is 6.07. The topological polar surface area (TPSA) is 52.9 Å². The van der Waals surface area contributed by atoms with Crippen LogP contribution in [0.15, 0.2) is 30.3 Å². The summed E-state index contributed by atoms with van der Waals surface area (Å²) in [5, 5.41) is 19.5. The van der Waals surface area contributed by atoms with E-state index < -0.39 is 18.1 Å². The normalized spacial score (nSPS) is 27.2. The SMILES string of the molecule is CC(C)(O)OCC[C@@H]1[C@H](O)[C@@H](F)CN1Cc1ccccc1. The molecule has 3 atom stereocenters. The summed E-state index contributed by atoms with van der Waals surface area (Å²) in [6.07, 6.45) is -1.75. The number of hydrogen-bond acceptors (Lipinski definition) is 4. The Labute approximate surface area is 125 Å². The molecule has 5 heteroatoms. The molecule has 0 aliphatic carbocycles. The van der Waals surface area contributed by atoms with E-state index in [0.717, 1.165) is 5.56 Å². The van der Waals surface area contributed by atoms with Gasteiger partial charge in [-0.3, -0.25) is 4.90 Å². The van der Waals surface area contributed by atoms with Crippen molar-refractivity contribution in [3.05, 3.63) is 35.9 Å². The summed E-state index contributed by atoms with van der Waals surface area (Å²) in [4.78, 5) is 1.94. The van der Waals surface area contributed by atoms with E-state index in [1.165, 1.54) is 0 Å². The Morgan fingerprint density at radius 2 is 2.00 bits per heavy atom. The number of rotatable bonds is 6. The van der Waals surface area contributed by atoms with Gasteiger partial charge in [-0.15, -0.1) is 0 Å². The number of ether oxygens (including phenoxy) is 1. The Kier molecular flexibility index (Phi) is 5.32. The molecule has 0 spiro atoms. The van der Waals surface area contributed by atoms with Gasteiger partial charge in [0.2, 0.25) is 0 Å². The Balaban J connectivity index is 1.95. The lowest BCUT2D eigenvalue weighted by Crippen LogP contribution is -2.37. The van der Waals surface area contributed by atoms with Crippen LogP contribution in [-0.4, -0.2) is 52.4 Å². The van der Waals surface area contributed by atoms with E-state index in [9.17, 15) is 14.6 Å². The number of nitrogens with zero attached hydrogens (tertiary/aromatic N) is 1.